The Labute approximate surface area is 163 Å². The minimum absolute atomic E-state index is 0.0487. The van der Waals surface area contributed by atoms with Gasteiger partial charge >= 0.3 is 5.97 Å². The predicted octanol–water partition coefficient (Wildman–Crippen LogP) is 5.01. The number of halogens is 1. The molecule has 0 unspecified atom stereocenters. The molecule has 0 aromatic heterocycles. The number of benzene rings is 3. The summed E-state index contributed by atoms with van der Waals surface area (Å²) >= 11 is 3.41. The van der Waals surface area contributed by atoms with Crippen molar-refractivity contribution in [3.8, 4) is 22.6 Å². The van der Waals surface area contributed by atoms with Gasteiger partial charge in [-0.2, -0.15) is 0 Å². The van der Waals surface area contributed by atoms with Gasteiger partial charge in [0.1, 0.15) is 11.5 Å². The second kappa shape index (κ2) is 8.46. The highest BCUT2D eigenvalue weighted by atomic mass is 79.9. The summed E-state index contributed by atoms with van der Waals surface area (Å²) < 4.78 is 11.2. The van der Waals surface area contributed by atoms with Crippen molar-refractivity contribution in [3.63, 3.8) is 0 Å². The van der Waals surface area contributed by atoms with Crippen molar-refractivity contribution in [2.45, 2.75) is 0 Å². The summed E-state index contributed by atoms with van der Waals surface area (Å²) in [5.41, 5.74) is 1.99. The Kier molecular flexibility index (Phi) is 5.83. The van der Waals surface area contributed by atoms with E-state index in [9.17, 15) is 14.9 Å². The molecule has 0 atom stereocenters. The molecule has 6 nitrogen and oxygen atoms in total. The summed E-state index contributed by atoms with van der Waals surface area (Å²) in [6, 6.07) is 20.7. The minimum Gasteiger partial charge on any atom is -0.482 e. The Morgan fingerprint density at radius 1 is 0.963 bits per heavy atom. The van der Waals surface area contributed by atoms with E-state index in [1.807, 2.05) is 42.5 Å². The van der Waals surface area contributed by atoms with Crippen LogP contribution in [-0.4, -0.2) is 17.5 Å². The molecular weight excluding hydrogens is 414 g/mol. The molecular formula is C20H14BrNO5. The fourth-order valence-electron chi connectivity index (χ4n) is 2.35. The smallest absolute Gasteiger partial charge is 0.349 e. The van der Waals surface area contributed by atoms with Crippen molar-refractivity contribution in [2.75, 3.05) is 6.61 Å². The van der Waals surface area contributed by atoms with Crippen LogP contribution in [0.4, 0.5) is 5.69 Å². The van der Waals surface area contributed by atoms with Crippen LogP contribution in [0, 0.1) is 10.1 Å². The van der Waals surface area contributed by atoms with Gasteiger partial charge in [0.15, 0.2) is 6.61 Å². The topological polar surface area (TPSA) is 78.7 Å². The maximum Gasteiger partial charge on any atom is 0.349 e. The summed E-state index contributed by atoms with van der Waals surface area (Å²) in [5, 5.41) is 10.6. The number of non-ortho nitro benzene ring substituents is 1. The Morgan fingerprint density at radius 2 is 1.67 bits per heavy atom. The molecule has 0 aliphatic rings. The number of hydrogen-bond acceptors (Lipinski definition) is 5. The van der Waals surface area contributed by atoms with Gasteiger partial charge in [-0.05, 0) is 51.3 Å². The van der Waals surface area contributed by atoms with Gasteiger partial charge in [-0.3, -0.25) is 10.1 Å². The standard InChI is InChI=1S/C20H14BrNO5/c21-18-12-15(14-4-2-1-3-5-14)6-11-19(18)27-20(23)13-26-17-9-7-16(8-10-17)22(24)25/h1-12H,13H2. The first-order valence-corrected chi connectivity index (χ1v) is 8.75. The van der Waals surface area contributed by atoms with Crippen LogP contribution in [0.1, 0.15) is 0 Å². The van der Waals surface area contributed by atoms with Gasteiger partial charge in [0.25, 0.3) is 5.69 Å². The van der Waals surface area contributed by atoms with Crippen LogP contribution in [0.25, 0.3) is 11.1 Å². The van der Waals surface area contributed by atoms with Crippen molar-refractivity contribution in [1.82, 2.24) is 0 Å². The average molecular weight is 428 g/mol. The van der Waals surface area contributed by atoms with Gasteiger partial charge in [0.2, 0.25) is 0 Å². The largest absolute Gasteiger partial charge is 0.482 e. The summed E-state index contributed by atoms with van der Waals surface area (Å²) in [6.45, 7) is -0.315. The maximum atomic E-state index is 12.0. The summed E-state index contributed by atoms with van der Waals surface area (Å²) in [5.74, 6) is 0.143. The van der Waals surface area contributed by atoms with Crippen molar-refractivity contribution >= 4 is 27.6 Å². The number of carbonyl (C=O) groups is 1. The molecule has 3 aromatic carbocycles. The van der Waals surface area contributed by atoms with E-state index in [0.717, 1.165) is 11.1 Å². The van der Waals surface area contributed by atoms with Crippen LogP contribution < -0.4 is 9.47 Å². The zero-order valence-electron chi connectivity index (χ0n) is 14.0. The Balaban J connectivity index is 1.60. The van der Waals surface area contributed by atoms with Crippen LogP contribution >= 0.6 is 15.9 Å². The number of rotatable bonds is 6. The van der Waals surface area contributed by atoms with Gasteiger partial charge in [0, 0.05) is 12.1 Å². The Morgan fingerprint density at radius 3 is 2.30 bits per heavy atom. The van der Waals surface area contributed by atoms with Crippen LogP contribution in [-0.2, 0) is 4.79 Å². The molecule has 0 saturated carbocycles. The number of nitro benzene ring substituents is 1. The molecule has 3 aromatic rings. The molecule has 0 aliphatic heterocycles. The number of ether oxygens (including phenoxy) is 2. The van der Waals surface area contributed by atoms with Gasteiger partial charge in [-0.15, -0.1) is 0 Å². The van der Waals surface area contributed by atoms with Crippen LogP contribution in [0.5, 0.6) is 11.5 Å². The normalized spacial score (nSPS) is 10.3. The van der Waals surface area contributed by atoms with Gasteiger partial charge in [0.05, 0.1) is 9.40 Å². The van der Waals surface area contributed by atoms with Gasteiger partial charge in [-0.25, -0.2) is 4.79 Å². The Hall–Kier alpha value is -3.19. The van der Waals surface area contributed by atoms with Crippen molar-refractivity contribution in [3.05, 3.63) is 87.4 Å². The van der Waals surface area contributed by atoms with E-state index >= 15 is 0 Å². The van der Waals surface area contributed by atoms with E-state index in [1.54, 1.807) is 6.07 Å². The molecule has 0 N–H and O–H groups in total. The van der Waals surface area contributed by atoms with E-state index in [0.29, 0.717) is 16.0 Å². The molecule has 0 bridgehead atoms. The fourth-order valence-corrected chi connectivity index (χ4v) is 2.81. The first-order chi connectivity index (χ1) is 13.0. The lowest BCUT2D eigenvalue weighted by Gasteiger charge is -2.09. The molecule has 7 heteroatoms. The zero-order chi connectivity index (χ0) is 19.2. The van der Waals surface area contributed by atoms with E-state index < -0.39 is 10.9 Å². The third-order valence-corrected chi connectivity index (χ3v) is 4.29. The maximum absolute atomic E-state index is 12.0. The highest BCUT2D eigenvalue weighted by Crippen LogP contribution is 2.30. The van der Waals surface area contributed by atoms with Gasteiger partial charge < -0.3 is 9.47 Å². The minimum atomic E-state index is -0.582. The Bertz CT molecular complexity index is 958. The van der Waals surface area contributed by atoms with E-state index in [1.165, 1.54) is 24.3 Å². The lowest BCUT2D eigenvalue weighted by molar-refractivity contribution is -0.384. The number of carbonyl (C=O) groups excluding carboxylic acids is 1. The highest BCUT2D eigenvalue weighted by molar-refractivity contribution is 9.10. The second-order valence-electron chi connectivity index (χ2n) is 5.52. The SMILES string of the molecule is O=C(COc1ccc([N+](=O)[O-])cc1)Oc1ccc(-c2ccccc2)cc1Br. The molecule has 0 amide bonds. The second-order valence-corrected chi connectivity index (χ2v) is 6.38. The first kappa shape index (κ1) is 18.6. The number of nitro groups is 1. The fraction of sp³-hybridized carbons (Fsp3) is 0.0500. The van der Waals surface area contributed by atoms with Crippen LogP contribution in [0.2, 0.25) is 0 Å². The third kappa shape index (κ3) is 4.92. The molecule has 0 spiro atoms. The summed E-state index contributed by atoms with van der Waals surface area (Å²) in [7, 11) is 0. The molecule has 136 valence electrons. The average Bonchev–Trinajstić information content (AvgIpc) is 2.69. The molecule has 0 saturated heterocycles. The zero-order valence-corrected chi connectivity index (χ0v) is 15.6. The lowest BCUT2D eigenvalue weighted by atomic mass is 10.1. The molecule has 0 heterocycles. The van der Waals surface area contributed by atoms with Crippen molar-refractivity contribution in [2.24, 2.45) is 0 Å². The predicted molar refractivity (Wildman–Crippen MR) is 104 cm³/mol. The highest BCUT2D eigenvalue weighted by Gasteiger charge is 2.11. The van der Waals surface area contributed by atoms with E-state index in [-0.39, 0.29) is 12.3 Å². The van der Waals surface area contributed by atoms with Crippen LogP contribution in [0.15, 0.2) is 77.3 Å². The molecule has 0 fully saturated rings. The first-order valence-electron chi connectivity index (χ1n) is 7.96. The third-order valence-electron chi connectivity index (χ3n) is 3.67. The monoisotopic (exact) mass is 427 g/mol. The molecule has 3 rings (SSSR count). The number of esters is 1. The van der Waals surface area contributed by atoms with Crippen molar-refractivity contribution < 1.29 is 19.2 Å². The lowest BCUT2D eigenvalue weighted by Crippen LogP contribution is -2.17. The quantitative estimate of drug-likeness (QED) is 0.239. The molecule has 27 heavy (non-hydrogen) atoms. The summed E-state index contributed by atoms with van der Waals surface area (Å²) in [6.07, 6.45) is 0. The number of nitrogens with zero attached hydrogens (tertiary/aromatic N) is 1. The molecule has 0 radical (unpaired) electrons. The summed E-state index contributed by atoms with van der Waals surface area (Å²) in [4.78, 5) is 22.1. The van der Waals surface area contributed by atoms with Crippen molar-refractivity contribution in [1.29, 1.82) is 0 Å². The number of hydrogen-bond donors (Lipinski definition) is 0. The van der Waals surface area contributed by atoms with Crippen LogP contribution in [0.3, 0.4) is 0 Å². The van der Waals surface area contributed by atoms with Gasteiger partial charge in [-0.1, -0.05) is 36.4 Å². The van der Waals surface area contributed by atoms with E-state index in [4.69, 9.17) is 9.47 Å². The van der Waals surface area contributed by atoms with E-state index in [2.05, 4.69) is 15.9 Å². The molecule has 0 aliphatic carbocycles.